The summed E-state index contributed by atoms with van der Waals surface area (Å²) in [6.45, 7) is 5.51. The Balaban J connectivity index is 1.97. The zero-order valence-electron chi connectivity index (χ0n) is 11.4. The maximum Gasteiger partial charge on any atom is 0.0309 e. The van der Waals surface area contributed by atoms with Gasteiger partial charge in [0.2, 0.25) is 0 Å². The van der Waals surface area contributed by atoms with Crippen molar-refractivity contribution in [2.45, 2.75) is 64.0 Å². The van der Waals surface area contributed by atoms with Crippen molar-refractivity contribution in [1.29, 1.82) is 0 Å². The summed E-state index contributed by atoms with van der Waals surface area (Å²) < 4.78 is 0. The molecule has 2 unspecified atom stereocenters. The van der Waals surface area contributed by atoms with Crippen molar-refractivity contribution < 1.29 is 0 Å². The first-order valence-electron chi connectivity index (χ1n) is 7.28. The van der Waals surface area contributed by atoms with Gasteiger partial charge < -0.3 is 11.1 Å². The molecule has 0 aliphatic heterocycles. The van der Waals surface area contributed by atoms with Crippen molar-refractivity contribution >= 4 is 0 Å². The maximum atomic E-state index is 6.10. The molecule has 2 heteroatoms. The predicted octanol–water partition coefficient (Wildman–Crippen LogP) is 2.84. The summed E-state index contributed by atoms with van der Waals surface area (Å²) in [7, 11) is 0. The summed E-state index contributed by atoms with van der Waals surface area (Å²) in [5, 5.41) is 3.88. The lowest BCUT2D eigenvalue weighted by molar-refractivity contribution is 0.141. The highest BCUT2D eigenvalue weighted by Gasteiger charge is 2.37. The second-order valence-corrected chi connectivity index (χ2v) is 6.37. The van der Waals surface area contributed by atoms with Crippen molar-refractivity contribution in [3.05, 3.63) is 12.2 Å². The van der Waals surface area contributed by atoms with Gasteiger partial charge in [0.05, 0.1) is 0 Å². The minimum Gasteiger partial charge on any atom is -0.329 e. The van der Waals surface area contributed by atoms with E-state index in [4.69, 9.17) is 5.73 Å². The summed E-state index contributed by atoms with van der Waals surface area (Å²) in [5.41, 5.74) is 6.32. The van der Waals surface area contributed by atoms with E-state index in [0.717, 1.165) is 18.4 Å². The van der Waals surface area contributed by atoms with Gasteiger partial charge in [-0.3, -0.25) is 0 Å². The second kappa shape index (κ2) is 5.53. The van der Waals surface area contributed by atoms with E-state index in [9.17, 15) is 0 Å². The molecule has 0 saturated heterocycles. The van der Waals surface area contributed by atoms with E-state index in [1.54, 1.807) is 0 Å². The van der Waals surface area contributed by atoms with E-state index in [-0.39, 0.29) is 5.54 Å². The van der Waals surface area contributed by atoms with E-state index in [0.29, 0.717) is 6.04 Å². The lowest BCUT2D eigenvalue weighted by Gasteiger charge is -2.44. The molecule has 0 aromatic heterocycles. The maximum absolute atomic E-state index is 6.10. The number of rotatable bonds is 4. The molecule has 0 spiro atoms. The van der Waals surface area contributed by atoms with Gasteiger partial charge in [-0.25, -0.2) is 0 Å². The summed E-state index contributed by atoms with van der Waals surface area (Å²) in [5.74, 6) is 1.65. The predicted molar refractivity (Wildman–Crippen MR) is 73.9 cm³/mol. The molecule has 0 aromatic rings. The highest BCUT2D eigenvalue weighted by molar-refractivity contribution is 5.03. The summed E-state index contributed by atoms with van der Waals surface area (Å²) in [6.07, 6.45) is 12.2. The molecule has 3 N–H and O–H groups in total. The van der Waals surface area contributed by atoms with E-state index >= 15 is 0 Å². The Kier molecular flexibility index (Phi) is 4.26. The van der Waals surface area contributed by atoms with Crippen LogP contribution in [0.3, 0.4) is 0 Å². The van der Waals surface area contributed by atoms with Crippen LogP contribution >= 0.6 is 0 Å². The van der Waals surface area contributed by atoms with E-state index in [1.165, 1.54) is 38.5 Å². The molecule has 2 nitrogen and oxygen atoms in total. The first kappa shape index (κ1) is 13.1. The largest absolute Gasteiger partial charge is 0.329 e. The Morgan fingerprint density at radius 1 is 1.35 bits per heavy atom. The quantitative estimate of drug-likeness (QED) is 0.737. The van der Waals surface area contributed by atoms with Crippen LogP contribution in [0.1, 0.15) is 52.4 Å². The Morgan fingerprint density at radius 3 is 2.65 bits per heavy atom. The highest BCUT2D eigenvalue weighted by atomic mass is 15.0. The molecule has 1 saturated carbocycles. The van der Waals surface area contributed by atoms with E-state index < -0.39 is 0 Å². The van der Waals surface area contributed by atoms with Crippen molar-refractivity contribution in [3.63, 3.8) is 0 Å². The van der Waals surface area contributed by atoms with Crippen molar-refractivity contribution in [2.24, 2.45) is 17.6 Å². The topological polar surface area (TPSA) is 38.0 Å². The fourth-order valence-corrected chi connectivity index (χ4v) is 3.52. The zero-order valence-corrected chi connectivity index (χ0v) is 11.4. The fourth-order valence-electron chi connectivity index (χ4n) is 3.52. The van der Waals surface area contributed by atoms with Crippen LogP contribution in [0.5, 0.6) is 0 Å². The third kappa shape index (κ3) is 3.11. The zero-order chi connectivity index (χ0) is 12.3. The van der Waals surface area contributed by atoms with E-state index in [2.05, 4.69) is 31.3 Å². The number of hydrogen-bond acceptors (Lipinski definition) is 2. The smallest absolute Gasteiger partial charge is 0.0309 e. The first-order valence-corrected chi connectivity index (χ1v) is 7.28. The number of hydrogen-bond donors (Lipinski definition) is 2. The molecule has 1 fully saturated rings. The average molecular weight is 236 g/mol. The third-order valence-electron chi connectivity index (χ3n) is 4.73. The lowest BCUT2D eigenvalue weighted by Crippen LogP contribution is -2.57. The van der Waals surface area contributed by atoms with Gasteiger partial charge in [-0.1, -0.05) is 38.8 Å². The van der Waals surface area contributed by atoms with Crippen LogP contribution < -0.4 is 11.1 Å². The van der Waals surface area contributed by atoms with E-state index in [1.807, 2.05) is 0 Å². The van der Waals surface area contributed by atoms with Crippen LogP contribution in [-0.2, 0) is 0 Å². The minimum absolute atomic E-state index is 0.226. The minimum atomic E-state index is 0.226. The highest BCUT2D eigenvalue weighted by Crippen LogP contribution is 2.36. The molecule has 2 atom stereocenters. The van der Waals surface area contributed by atoms with Gasteiger partial charge in [-0.15, -0.1) is 0 Å². The first-order chi connectivity index (χ1) is 8.15. The SMILES string of the molecule is CC(C)C1CCCC(CN)(NC2CC=CC2)C1. The Morgan fingerprint density at radius 2 is 2.06 bits per heavy atom. The molecule has 2 aliphatic carbocycles. The van der Waals surface area contributed by atoms with Gasteiger partial charge in [-0.05, 0) is 37.5 Å². The summed E-state index contributed by atoms with van der Waals surface area (Å²) in [4.78, 5) is 0. The Labute approximate surface area is 106 Å². The molecule has 0 aromatic carbocycles. The monoisotopic (exact) mass is 236 g/mol. The number of nitrogens with two attached hydrogens (primary N) is 1. The van der Waals surface area contributed by atoms with Gasteiger partial charge in [0, 0.05) is 18.1 Å². The van der Waals surface area contributed by atoms with Gasteiger partial charge in [0.15, 0.2) is 0 Å². The third-order valence-corrected chi connectivity index (χ3v) is 4.73. The molecule has 0 bridgehead atoms. The van der Waals surface area contributed by atoms with Gasteiger partial charge in [0.1, 0.15) is 0 Å². The van der Waals surface area contributed by atoms with Crippen LogP contribution in [0.4, 0.5) is 0 Å². The average Bonchev–Trinajstić information content (AvgIpc) is 2.82. The summed E-state index contributed by atoms with van der Waals surface area (Å²) >= 11 is 0. The molecule has 0 radical (unpaired) electrons. The van der Waals surface area contributed by atoms with Crippen LogP contribution in [0.2, 0.25) is 0 Å². The lowest BCUT2D eigenvalue weighted by atomic mass is 9.71. The van der Waals surface area contributed by atoms with Crippen LogP contribution in [-0.4, -0.2) is 18.1 Å². The molecular formula is C15H28N2. The molecular weight excluding hydrogens is 208 g/mol. The molecule has 0 heterocycles. The standard InChI is InChI=1S/C15H28N2/c1-12(2)13-6-5-9-15(10-13,11-16)17-14-7-3-4-8-14/h3-4,12-14,17H,5-11,16H2,1-2H3. The fraction of sp³-hybridized carbons (Fsp3) is 0.867. The van der Waals surface area contributed by atoms with Crippen molar-refractivity contribution in [3.8, 4) is 0 Å². The molecule has 98 valence electrons. The summed E-state index contributed by atoms with van der Waals surface area (Å²) in [6, 6.07) is 0.643. The Bertz CT molecular complexity index is 260. The van der Waals surface area contributed by atoms with Crippen molar-refractivity contribution in [1.82, 2.24) is 5.32 Å². The van der Waals surface area contributed by atoms with Gasteiger partial charge in [0.25, 0.3) is 0 Å². The van der Waals surface area contributed by atoms with Crippen LogP contribution in [0.15, 0.2) is 12.2 Å². The normalized spacial score (nSPS) is 34.7. The van der Waals surface area contributed by atoms with Gasteiger partial charge in [-0.2, -0.15) is 0 Å². The molecule has 17 heavy (non-hydrogen) atoms. The molecule has 0 amide bonds. The van der Waals surface area contributed by atoms with Crippen molar-refractivity contribution in [2.75, 3.05) is 6.54 Å². The van der Waals surface area contributed by atoms with Crippen LogP contribution in [0.25, 0.3) is 0 Å². The molecule has 2 aliphatic rings. The Hall–Kier alpha value is -0.340. The molecule has 2 rings (SSSR count). The number of nitrogens with one attached hydrogen (secondary N) is 1. The second-order valence-electron chi connectivity index (χ2n) is 6.37. The van der Waals surface area contributed by atoms with Gasteiger partial charge >= 0.3 is 0 Å². The van der Waals surface area contributed by atoms with Crippen LogP contribution in [0, 0.1) is 11.8 Å².